The topological polar surface area (TPSA) is 91.0 Å². The van der Waals surface area contributed by atoms with Crippen LogP contribution in [0.15, 0.2) is 48.5 Å². The maximum atomic E-state index is 13.3. The Morgan fingerprint density at radius 2 is 1.79 bits per heavy atom. The first-order valence-corrected chi connectivity index (χ1v) is 10.7. The van der Waals surface area contributed by atoms with Crippen LogP contribution >= 0.6 is 0 Å². The van der Waals surface area contributed by atoms with E-state index in [0.29, 0.717) is 32.0 Å². The van der Waals surface area contributed by atoms with E-state index in [-0.39, 0.29) is 12.1 Å². The lowest BCUT2D eigenvalue weighted by molar-refractivity contribution is -0.137. The maximum Gasteiger partial charge on any atom is 0.416 e. The number of alkyl halides is 3. The van der Waals surface area contributed by atoms with Gasteiger partial charge in [-0.2, -0.15) is 13.2 Å². The number of morpholine rings is 1. The van der Waals surface area contributed by atoms with E-state index in [4.69, 9.17) is 4.74 Å². The standard InChI is InChI=1S/C23H23F3N4O4/c24-23(25,26)16-6-7-19(29-8-10-34-11-9-29)17(13-16)27-20(31)14-30-21(32)18(28-22(30)33)12-15-4-2-1-3-5-15/h1-7,13,18H,8-12,14H2,(H,27,31)(H,28,33)/t18-/m0/s1. The number of nitrogens with one attached hydrogen (secondary N) is 2. The van der Waals surface area contributed by atoms with Gasteiger partial charge in [0.15, 0.2) is 0 Å². The molecule has 4 amide bonds. The van der Waals surface area contributed by atoms with Gasteiger partial charge in [0.2, 0.25) is 5.91 Å². The van der Waals surface area contributed by atoms with E-state index in [1.54, 1.807) is 0 Å². The van der Waals surface area contributed by atoms with Crippen LogP contribution in [-0.2, 0) is 26.9 Å². The monoisotopic (exact) mass is 476 g/mol. The highest BCUT2D eigenvalue weighted by Gasteiger charge is 2.39. The molecule has 8 nitrogen and oxygen atoms in total. The number of benzene rings is 2. The van der Waals surface area contributed by atoms with E-state index in [1.807, 2.05) is 35.2 Å². The molecule has 2 N–H and O–H groups in total. The summed E-state index contributed by atoms with van der Waals surface area (Å²) < 4.78 is 45.1. The Morgan fingerprint density at radius 1 is 1.09 bits per heavy atom. The first-order valence-electron chi connectivity index (χ1n) is 10.7. The Bertz CT molecular complexity index is 1070. The normalized spacial score (nSPS) is 18.7. The third-order valence-electron chi connectivity index (χ3n) is 5.64. The summed E-state index contributed by atoms with van der Waals surface area (Å²) in [6.45, 7) is 1.08. The smallest absolute Gasteiger partial charge is 0.378 e. The van der Waals surface area contributed by atoms with Crippen LogP contribution in [0.2, 0.25) is 0 Å². The minimum absolute atomic E-state index is 0.0467. The summed E-state index contributed by atoms with van der Waals surface area (Å²) in [4.78, 5) is 40.3. The lowest BCUT2D eigenvalue weighted by Gasteiger charge is -2.31. The number of hydrogen-bond donors (Lipinski definition) is 2. The number of urea groups is 1. The zero-order valence-corrected chi connectivity index (χ0v) is 18.1. The number of carbonyl (C=O) groups excluding carboxylic acids is 3. The number of halogens is 3. The van der Waals surface area contributed by atoms with Gasteiger partial charge in [-0.15, -0.1) is 0 Å². The number of amides is 4. The fourth-order valence-corrected chi connectivity index (χ4v) is 3.94. The second kappa shape index (κ2) is 9.72. The van der Waals surface area contributed by atoms with Crippen LogP contribution in [0.25, 0.3) is 0 Å². The molecule has 180 valence electrons. The molecular formula is C23H23F3N4O4. The molecule has 2 aromatic rings. The second-order valence-corrected chi connectivity index (χ2v) is 7.99. The van der Waals surface area contributed by atoms with Crippen LogP contribution < -0.4 is 15.5 Å². The Balaban J connectivity index is 1.48. The quantitative estimate of drug-likeness (QED) is 0.626. The molecule has 0 spiro atoms. The molecule has 4 rings (SSSR count). The molecule has 0 saturated carbocycles. The first-order chi connectivity index (χ1) is 16.2. The maximum absolute atomic E-state index is 13.3. The predicted molar refractivity (Wildman–Crippen MR) is 117 cm³/mol. The van der Waals surface area contributed by atoms with Crippen molar-refractivity contribution in [3.05, 3.63) is 59.7 Å². The summed E-state index contributed by atoms with van der Waals surface area (Å²) in [7, 11) is 0. The Labute approximate surface area is 193 Å². The number of rotatable bonds is 6. The predicted octanol–water partition coefficient (Wildman–Crippen LogP) is 2.64. The van der Waals surface area contributed by atoms with Crippen molar-refractivity contribution in [2.24, 2.45) is 0 Å². The summed E-state index contributed by atoms with van der Waals surface area (Å²) in [6.07, 6.45) is -4.34. The molecule has 1 atom stereocenters. The van der Waals surface area contributed by atoms with Gasteiger partial charge in [0.05, 0.1) is 30.2 Å². The van der Waals surface area contributed by atoms with E-state index < -0.39 is 42.2 Å². The third kappa shape index (κ3) is 5.30. The molecule has 11 heteroatoms. The van der Waals surface area contributed by atoms with Crippen molar-refractivity contribution in [1.29, 1.82) is 0 Å². The van der Waals surface area contributed by atoms with Gasteiger partial charge in [0.25, 0.3) is 5.91 Å². The van der Waals surface area contributed by atoms with Gasteiger partial charge in [0.1, 0.15) is 12.6 Å². The summed E-state index contributed by atoms with van der Waals surface area (Å²) in [5, 5.41) is 5.01. The van der Waals surface area contributed by atoms with Crippen LogP contribution in [0.5, 0.6) is 0 Å². The molecule has 0 aliphatic carbocycles. The average Bonchev–Trinajstić information content (AvgIpc) is 3.07. The van der Waals surface area contributed by atoms with E-state index in [9.17, 15) is 27.6 Å². The molecule has 2 heterocycles. The number of hydrogen-bond acceptors (Lipinski definition) is 5. The molecular weight excluding hydrogens is 453 g/mol. The van der Waals surface area contributed by atoms with Gasteiger partial charge in [-0.1, -0.05) is 30.3 Å². The van der Waals surface area contributed by atoms with Crippen LogP contribution in [0, 0.1) is 0 Å². The molecule has 0 unspecified atom stereocenters. The highest BCUT2D eigenvalue weighted by atomic mass is 19.4. The third-order valence-corrected chi connectivity index (χ3v) is 5.64. The van der Waals surface area contributed by atoms with E-state index >= 15 is 0 Å². The van der Waals surface area contributed by atoms with E-state index in [1.165, 1.54) is 6.07 Å². The summed E-state index contributed by atoms with van der Waals surface area (Å²) >= 11 is 0. The van der Waals surface area contributed by atoms with Gasteiger partial charge >= 0.3 is 12.2 Å². The number of nitrogens with zero attached hydrogens (tertiary/aromatic N) is 2. The lowest BCUT2D eigenvalue weighted by atomic mass is 10.1. The Kier molecular flexibility index (Phi) is 6.73. The molecule has 2 fully saturated rings. The average molecular weight is 476 g/mol. The summed E-state index contributed by atoms with van der Waals surface area (Å²) in [5.74, 6) is -1.35. The van der Waals surface area contributed by atoms with Crippen molar-refractivity contribution in [1.82, 2.24) is 10.2 Å². The van der Waals surface area contributed by atoms with E-state index in [0.717, 1.165) is 22.6 Å². The van der Waals surface area contributed by atoms with E-state index in [2.05, 4.69) is 10.6 Å². The number of carbonyl (C=O) groups is 3. The molecule has 2 aliphatic heterocycles. The van der Waals surface area contributed by atoms with Gasteiger partial charge in [0, 0.05) is 19.5 Å². The minimum atomic E-state index is -4.60. The SMILES string of the molecule is O=C(CN1C(=O)N[C@@H](Cc2ccccc2)C1=O)Nc1cc(C(F)(F)F)ccc1N1CCOCC1. The fourth-order valence-electron chi connectivity index (χ4n) is 3.94. The second-order valence-electron chi connectivity index (χ2n) is 7.99. The molecule has 2 saturated heterocycles. The van der Waals surface area contributed by atoms with Crippen LogP contribution in [0.4, 0.5) is 29.3 Å². The van der Waals surface area contributed by atoms with Crippen molar-refractivity contribution in [3.63, 3.8) is 0 Å². The van der Waals surface area contributed by atoms with Crippen molar-refractivity contribution < 1.29 is 32.3 Å². The van der Waals surface area contributed by atoms with Crippen LogP contribution in [0.3, 0.4) is 0 Å². The van der Waals surface area contributed by atoms with Gasteiger partial charge in [-0.05, 0) is 23.8 Å². The number of anilines is 2. The van der Waals surface area contributed by atoms with Crippen molar-refractivity contribution in [3.8, 4) is 0 Å². The summed E-state index contributed by atoms with van der Waals surface area (Å²) in [5.41, 5.74) is 0.280. The molecule has 0 aromatic heterocycles. The highest BCUT2D eigenvalue weighted by Crippen LogP contribution is 2.35. The molecule has 34 heavy (non-hydrogen) atoms. The zero-order chi connectivity index (χ0) is 24.3. The zero-order valence-electron chi connectivity index (χ0n) is 18.1. The molecule has 0 radical (unpaired) electrons. The minimum Gasteiger partial charge on any atom is -0.378 e. The molecule has 2 aromatic carbocycles. The van der Waals surface area contributed by atoms with Gasteiger partial charge < -0.3 is 20.3 Å². The van der Waals surface area contributed by atoms with Crippen LogP contribution in [-0.4, -0.2) is 61.6 Å². The highest BCUT2D eigenvalue weighted by molar-refractivity contribution is 6.08. The largest absolute Gasteiger partial charge is 0.416 e. The van der Waals surface area contributed by atoms with Crippen LogP contribution in [0.1, 0.15) is 11.1 Å². The van der Waals surface area contributed by atoms with Crippen molar-refractivity contribution >= 4 is 29.2 Å². The molecule has 0 bridgehead atoms. The molecule has 2 aliphatic rings. The Morgan fingerprint density at radius 3 is 2.47 bits per heavy atom. The first kappa shape index (κ1) is 23.6. The van der Waals surface area contributed by atoms with Gasteiger partial charge in [-0.25, -0.2) is 4.79 Å². The van der Waals surface area contributed by atoms with Gasteiger partial charge in [-0.3, -0.25) is 14.5 Å². The number of ether oxygens (including phenoxy) is 1. The lowest BCUT2D eigenvalue weighted by Crippen LogP contribution is -2.39. The number of imide groups is 1. The Hall–Kier alpha value is -3.60. The summed E-state index contributed by atoms with van der Waals surface area (Å²) in [6, 6.07) is 10.6. The fraction of sp³-hybridized carbons (Fsp3) is 0.348. The van der Waals surface area contributed by atoms with Crippen molar-refractivity contribution in [2.75, 3.05) is 43.1 Å². The van der Waals surface area contributed by atoms with Crippen molar-refractivity contribution in [2.45, 2.75) is 18.6 Å².